The van der Waals surface area contributed by atoms with Gasteiger partial charge in [0.05, 0.1) is 6.04 Å². The van der Waals surface area contributed by atoms with E-state index < -0.39 is 0 Å². The minimum atomic E-state index is -0.375. The van der Waals surface area contributed by atoms with Crippen molar-refractivity contribution in [3.63, 3.8) is 0 Å². The van der Waals surface area contributed by atoms with Crippen LogP contribution < -0.4 is 11.1 Å². The van der Waals surface area contributed by atoms with Crippen LogP contribution in [0.4, 0.5) is 0 Å². The van der Waals surface area contributed by atoms with Gasteiger partial charge in [0, 0.05) is 13.0 Å². The standard InChI is InChI=1S/C11H21N5O/c1-2-3-5-9(12)11(17)13-7-4-6-10-14-8-15-16-10/h8-9H,2-7,12H2,1H3,(H,13,17)(H,14,15,16)/t9-/m0/s1. The number of carbonyl (C=O) groups is 1. The molecule has 0 aliphatic heterocycles. The second-order valence-electron chi connectivity index (χ2n) is 4.08. The summed E-state index contributed by atoms with van der Waals surface area (Å²) < 4.78 is 0. The molecular weight excluding hydrogens is 218 g/mol. The normalized spacial score (nSPS) is 12.4. The summed E-state index contributed by atoms with van der Waals surface area (Å²) in [6.45, 7) is 2.71. The van der Waals surface area contributed by atoms with Crippen LogP contribution in [-0.4, -0.2) is 33.7 Å². The largest absolute Gasteiger partial charge is 0.355 e. The predicted molar refractivity (Wildman–Crippen MR) is 65.2 cm³/mol. The van der Waals surface area contributed by atoms with Gasteiger partial charge in [-0.1, -0.05) is 19.8 Å². The average molecular weight is 239 g/mol. The van der Waals surface area contributed by atoms with Gasteiger partial charge < -0.3 is 11.1 Å². The number of nitrogens with zero attached hydrogens (tertiary/aromatic N) is 2. The molecule has 0 saturated carbocycles. The molecule has 0 aliphatic rings. The Bertz CT molecular complexity index is 312. The van der Waals surface area contributed by atoms with Crippen molar-refractivity contribution in [2.24, 2.45) is 5.73 Å². The van der Waals surface area contributed by atoms with Crippen molar-refractivity contribution in [2.75, 3.05) is 6.54 Å². The zero-order chi connectivity index (χ0) is 12.5. The lowest BCUT2D eigenvalue weighted by Crippen LogP contribution is -2.40. The molecule has 0 spiro atoms. The summed E-state index contributed by atoms with van der Waals surface area (Å²) in [6.07, 6.45) is 5.91. The van der Waals surface area contributed by atoms with Crippen LogP contribution in [0.2, 0.25) is 0 Å². The van der Waals surface area contributed by atoms with Gasteiger partial charge in [-0.3, -0.25) is 9.89 Å². The van der Waals surface area contributed by atoms with E-state index in [4.69, 9.17) is 5.73 Å². The number of amides is 1. The van der Waals surface area contributed by atoms with Gasteiger partial charge in [0.1, 0.15) is 12.2 Å². The molecule has 1 aromatic rings. The summed E-state index contributed by atoms with van der Waals surface area (Å²) in [5.74, 6) is 0.783. The maximum atomic E-state index is 11.5. The summed E-state index contributed by atoms with van der Waals surface area (Å²) in [4.78, 5) is 15.5. The zero-order valence-electron chi connectivity index (χ0n) is 10.3. The van der Waals surface area contributed by atoms with Crippen molar-refractivity contribution in [1.29, 1.82) is 0 Å². The number of aryl methyl sites for hydroxylation is 1. The first kappa shape index (κ1) is 13.6. The minimum Gasteiger partial charge on any atom is -0.355 e. The summed E-state index contributed by atoms with van der Waals surface area (Å²) in [6, 6.07) is -0.375. The highest BCUT2D eigenvalue weighted by Crippen LogP contribution is 1.98. The van der Waals surface area contributed by atoms with Crippen LogP contribution >= 0.6 is 0 Å². The summed E-state index contributed by atoms with van der Waals surface area (Å²) in [7, 11) is 0. The van der Waals surface area contributed by atoms with Crippen LogP contribution in [0.3, 0.4) is 0 Å². The van der Waals surface area contributed by atoms with Crippen LogP contribution in [0.5, 0.6) is 0 Å². The molecule has 4 N–H and O–H groups in total. The molecule has 6 heteroatoms. The van der Waals surface area contributed by atoms with Crippen LogP contribution in [0.25, 0.3) is 0 Å². The number of hydrogen-bond donors (Lipinski definition) is 3. The van der Waals surface area contributed by atoms with Crippen LogP contribution in [0, 0.1) is 0 Å². The van der Waals surface area contributed by atoms with E-state index >= 15 is 0 Å². The van der Waals surface area contributed by atoms with E-state index in [0.29, 0.717) is 6.54 Å². The number of hydrogen-bond acceptors (Lipinski definition) is 4. The molecule has 0 aliphatic carbocycles. The number of aromatic nitrogens is 3. The quantitative estimate of drug-likeness (QED) is 0.571. The monoisotopic (exact) mass is 239 g/mol. The molecule has 1 amide bonds. The highest BCUT2D eigenvalue weighted by molar-refractivity contribution is 5.81. The Labute approximate surface area is 101 Å². The van der Waals surface area contributed by atoms with Crippen molar-refractivity contribution in [3.8, 4) is 0 Å². The minimum absolute atomic E-state index is 0.0592. The number of aromatic amines is 1. The van der Waals surface area contributed by atoms with E-state index in [-0.39, 0.29) is 11.9 Å². The van der Waals surface area contributed by atoms with E-state index in [1.165, 1.54) is 6.33 Å². The van der Waals surface area contributed by atoms with Crippen molar-refractivity contribution in [2.45, 2.75) is 45.1 Å². The number of nitrogens with one attached hydrogen (secondary N) is 2. The first-order valence-corrected chi connectivity index (χ1v) is 6.11. The Balaban J connectivity index is 2.07. The lowest BCUT2D eigenvalue weighted by molar-refractivity contribution is -0.122. The molecule has 17 heavy (non-hydrogen) atoms. The molecule has 0 radical (unpaired) electrons. The molecular formula is C11H21N5O. The van der Waals surface area contributed by atoms with Crippen LogP contribution in [0.1, 0.15) is 38.4 Å². The molecule has 1 aromatic heterocycles. The van der Waals surface area contributed by atoms with Crippen molar-refractivity contribution < 1.29 is 4.79 Å². The molecule has 0 saturated heterocycles. The molecule has 1 rings (SSSR count). The van der Waals surface area contributed by atoms with Crippen molar-refractivity contribution in [1.82, 2.24) is 20.5 Å². The third-order valence-electron chi connectivity index (χ3n) is 2.56. The van der Waals surface area contributed by atoms with Gasteiger partial charge in [-0.2, -0.15) is 5.10 Å². The molecule has 0 fully saturated rings. The smallest absolute Gasteiger partial charge is 0.236 e. The van der Waals surface area contributed by atoms with Gasteiger partial charge in [0.2, 0.25) is 5.91 Å². The van der Waals surface area contributed by atoms with Gasteiger partial charge in [-0.05, 0) is 12.8 Å². The summed E-state index contributed by atoms with van der Waals surface area (Å²) in [5.41, 5.74) is 5.74. The molecule has 1 atom stereocenters. The van der Waals surface area contributed by atoms with E-state index in [1.54, 1.807) is 0 Å². The molecule has 0 aromatic carbocycles. The number of rotatable bonds is 8. The number of nitrogens with two attached hydrogens (primary N) is 1. The third kappa shape index (κ3) is 5.44. The topological polar surface area (TPSA) is 96.7 Å². The fourth-order valence-electron chi connectivity index (χ4n) is 1.50. The lowest BCUT2D eigenvalue weighted by atomic mass is 10.1. The van der Waals surface area contributed by atoms with E-state index in [0.717, 1.165) is 37.9 Å². The second-order valence-corrected chi connectivity index (χ2v) is 4.08. The van der Waals surface area contributed by atoms with Gasteiger partial charge in [-0.25, -0.2) is 4.98 Å². The van der Waals surface area contributed by atoms with Crippen molar-refractivity contribution in [3.05, 3.63) is 12.2 Å². The SMILES string of the molecule is CCCC[C@H](N)C(=O)NCCCc1ncn[nH]1. The Hall–Kier alpha value is -1.43. The fraction of sp³-hybridized carbons (Fsp3) is 0.727. The van der Waals surface area contributed by atoms with Crippen molar-refractivity contribution >= 4 is 5.91 Å². The Morgan fingerprint density at radius 1 is 1.59 bits per heavy atom. The van der Waals surface area contributed by atoms with Crippen LogP contribution in [-0.2, 0) is 11.2 Å². The third-order valence-corrected chi connectivity index (χ3v) is 2.56. The van der Waals surface area contributed by atoms with Gasteiger partial charge in [-0.15, -0.1) is 0 Å². The van der Waals surface area contributed by atoms with E-state index in [9.17, 15) is 4.79 Å². The summed E-state index contributed by atoms with van der Waals surface area (Å²) in [5, 5.41) is 9.36. The van der Waals surface area contributed by atoms with E-state index in [2.05, 4.69) is 27.4 Å². The maximum absolute atomic E-state index is 11.5. The molecule has 0 unspecified atom stereocenters. The predicted octanol–water partition coefficient (Wildman–Crippen LogP) is 0.371. The fourth-order valence-corrected chi connectivity index (χ4v) is 1.50. The number of carbonyl (C=O) groups excluding carboxylic acids is 1. The lowest BCUT2D eigenvalue weighted by Gasteiger charge is -2.11. The zero-order valence-corrected chi connectivity index (χ0v) is 10.3. The number of H-pyrrole nitrogens is 1. The summed E-state index contributed by atoms with van der Waals surface area (Å²) >= 11 is 0. The molecule has 96 valence electrons. The number of unbranched alkanes of at least 4 members (excludes halogenated alkanes) is 1. The maximum Gasteiger partial charge on any atom is 0.236 e. The average Bonchev–Trinajstić information content (AvgIpc) is 2.84. The highest BCUT2D eigenvalue weighted by atomic mass is 16.2. The van der Waals surface area contributed by atoms with Crippen LogP contribution in [0.15, 0.2) is 6.33 Å². The second kappa shape index (κ2) is 7.78. The first-order chi connectivity index (χ1) is 8.24. The molecule has 6 nitrogen and oxygen atoms in total. The Morgan fingerprint density at radius 3 is 3.06 bits per heavy atom. The molecule has 0 bridgehead atoms. The Morgan fingerprint density at radius 2 is 2.41 bits per heavy atom. The van der Waals surface area contributed by atoms with Gasteiger partial charge in [0.15, 0.2) is 0 Å². The van der Waals surface area contributed by atoms with Gasteiger partial charge >= 0.3 is 0 Å². The highest BCUT2D eigenvalue weighted by Gasteiger charge is 2.11. The van der Waals surface area contributed by atoms with Gasteiger partial charge in [0.25, 0.3) is 0 Å². The molecule has 1 heterocycles. The first-order valence-electron chi connectivity index (χ1n) is 6.11. The van der Waals surface area contributed by atoms with E-state index in [1.807, 2.05) is 0 Å². The Kier molecular flexibility index (Phi) is 6.24.